The van der Waals surface area contributed by atoms with E-state index in [1.165, 1.54) is 6.07 Å². The van der Waals surface area contributed by atoms with Crippen LogP contribution in [-0.4, -0.2) is 30.6 Å². The molecule has 0 aliphatic heterocycles. The Hall–Kier alpha value is -1.71. The van der Waals surface area contributed by atoms with Gasteiger partial charge in [-0.15, -0.1) is 0 Å². The van der Waals surface area contributed by atoms with Crippen molar-refractivity contribution in [3.63, 3.8) is 0 Å². The molecule has 0 spiro atoms. The summed E-state index contributed by atoms with van der Waals surface area (Å²) in [6.07, 6.45) is 3.52. The van der Waals surface area contributed by atoms with Crippen LogP contribution in [0.4, 0.5) is 11.4 Å². The van der Waals surface area contributed by atoms with Crippen LogP contribution in [0.1, 0.15) is 32.6 Å². The van der Waals surface area contributed by atoms with Gasteiger partial charge in [-0.1, -0.05) is 12.1 Å². The first-order valence-corrected chi connectivity index (χ1v) is 8.55. The Balaban J connectivity index is 0.000000593. The number of para-hydroxylation sites is 2. The predicted molar refractivity (Wildman–Crippen MR) is 88.7 cm³/mol. The zero-order chi connectivity index (χ0) is 17.5. The average molecular weight is 345 g/mol. The van der Waals surface area contributed by atoms with E-state index < -0.39 is 16.5 Å². The zero-order valence-corrected chi connectivity index (χ0v) is 13.9. The second-order valence-electron chi connectivity index (χ2n) is 5.88. The second kappa shape index (κ2) is 8.80. The van der Waals surface area contributed by atoms with Crippen LogP contribution in [0.25, 0.3) is 0 Å². The van der Waals surface area contributed by atoms with Gasteiger partial charge in [0.15, 0.2) is 10.9 Å². The maximum atomic E-state index is 10.9. The summed E-state index contributed by atoms with van der Waals surface area (Å²) in [5.74, 6) is 0.472. The Morgan fingerprint density at radius 2 is 1.91 bits per heavy atom. The Kier molecular flexibility index (Phi) is 7.40. The standard InChI is InChI=1S/C14H20N2O3.H3NO2S/c1-14(17)8-6-11(7-9-14)10-15-12-4-2-3-5-13(12)16(18)19;1-4(2)3/h2-5,11,15,17H,6-10H2,1H3;4H,(H2,1,2,3)/t11-,14-;. The lowest BCUT2D eigenvalue weighted by Gasteiger charge is -2.33. The highest BCUT2D eigenvalue weighted by Crippen LogP contribution is 2.32. The van der Waals surface area contributed by atoms with Crippen molar-refractivity contribution in [1.82, 2.24) is 0 Å². The molecule has 0 amide bonds. The molecule has 1 aliphatic carbocycles. The summed E-state index contributed by atoms with van der Waals surface area (Å²) in [6.45, 7) is 2.60. The second-order valence-corrected chi connectivity index (χ2v) is 6.45. The first-order chi connectivity index (χ1) is 10.7. The summed E-state index contributed by atoms with van der Waals surface area (Å²) in [4.78, 5) is 10.5. The molecule has 1 aliphatic rings. The molecule has 0 saturated heterocycles. The van der Waals surface area contributed by atoms with E-state index >= 15 is 0 Å². The van der Waals surface area contributed by atoms with Crippen molar-refractivity contribution in [3.8, 4) is 0 Å². The normalized spacial score (nSPS) is 23.7. The van der Waals surface area contributed by atoms with E-state index in [-0.39, 0.29) is 10.6 Å². The van der Waals surface area contributed by atoms with Crippen LogP contribution >= 0.6 is 0 Å². The number of anilines is 1. The smallest absolute Gasteiger partial charge is 0.292 e. The molecule has 0 bridgehead atoms. The zero-order valence-electron chi connectivity index (χ0n) is 13.0. The molecule has 1 aromatic rings. The lowest BCUT2D eigenvalue weighted by molar-refractivity contribution is -0.384. The van der Waals surface area contributed by atoms with Crippen LogP contribution in [0.15, 0.2) is 24.3 Å². The molecular weight excluding hydrogens is 322 g/mol. The highest BCUT2D eigenvalue weighted by Gasteiger charge is 2.28. The van der Waals surface area contributed by atoms with Crippen molar-refractivity contribution in [2.75, 3.05) is 11.9 Å². The number of nitrogens with two attached hydrogens (primary N) is 1. The maximum Gasteiger partial charge on any atom is 0.292 e. The third kappa shape index (κ3) is 7.40. The molecule has 2 rings (SSSR count). The fourth-order valence-corrected chi connectivity index (χ4v) is 2.54. The first-order valence-electron chi connectivity index (χ1n) is 7.30. The fraction of sp³-hybridized carbons (Fsp3) is 0.571. The van der Waals surface area contributed by atoms with Gasteiger partial charge in [-0.3, -0.25) is 10.1 Å². The molecule has 0 atom stereocenters. The molecule has 0 aromatic heterocycles. The van der Waals surface area contributed by atoms with Gasteiger partial charge < -0.3 is 10.4 Å². The number of nitrogens with one attached hydrogen (secondary N) is 1. The Bertz CT molecular complexity index is 586. The monoisotopic (exact) mass is 345 g/mol. The molecule has 0 unspecified atom stereocenters. The van der Waals surface area contributed by atoms with Crippen LogP contribution in [-0.2, 0) is 10.9 Å². The van der Waals surface area contributed by atoms with Crippen molar-refractivity contribution in [3.05, 3.63) is 34.4 Å². The van der Waals surface area contributed by atoms with Gasteiger partial charge in [0.2, 0.25) is 0 Å². The number of thiol groups is 1. The molecular formula is C14H23N3O5S. The minimum Gasteiger partial charge on any atom is -0.390 e. The van der Waals surface area contributed by atoms with Gasteiger partial charge in [-0.05, 0) is 44.6 Å². The van der Waals surface area contributed by atoms with E-state index in [0.717, 1.165) is 32.2 Å². The van der Waals surface area contributed by atoms with Crippen LogP contribution in [0.3, 0.4) is 0 Å². The van der Waals surface area contributed by atoms with Crippen LogP contribution in [0.2, 0.25) is 0 Å². The van der Waals surface area contributed by atoms with Gasteiger partial charge >= 0.3 is 0 Å². The molecule has 1 aromatic carbocycles. The molecule has 1 saturated carbocycles. The van der Waals surface area contributed by atoms with Gasteiger partial charge in [0, 0.05) is 12.6 Å². The van der Waals surface area contributed by atoms with E-state index in [1.54, 1.807) is 18.2 Å². The number of nitro groups is 1. The van der Waals surface area contributed by atoms with Crippen molar-refractivity contribution < 1.29 is 18.4 Å². The molecule has 130 valence electrons. The minimum absolute atomic E-state index is 0.116. The number of hydrogen-bond donors (Lipinski definition) is 4. The topological polar surface area (TPSA) is 136 Å². The molecule has 0 radical (unpaired) electrons. The Morgan fingerprint density at radius 3 is 2.43 bits per heavy atom. The van der Waals surface area contributed by atoms with Crippen LogP contribution in [0.5, 0.6) is 0 Å². The van der Waals surface area contributed by atoms with Crippen molar-refractivity contribution in [2.24, 2.45) is 11.1 Å². The average Bonchev–Trinajstić information content (AvgIpc) is 2.46. The number of nitrogens with zero attached hydrogens (tertiary/aromatic N) is 1. The molecule has 23 heavy (non-hydrogen) atoms. The summed E-state index contributed by atoms with van der Waals surface area (Å²) in [5.41, 5.74) is 0.157. The van der Waals surface area contributed by atoms with Gasteiger partial charge in [0.05, 0.1) is 10.5 Å². The van der Waals surface area contributed by atoms with Crippen molar-refractivity contribution >= 4 is 22.3 Å². The van der Waals surface area contributed by atoms with Gasteiger partial charge in [-0.25, -0.2) is 13.6 Å². The third-order valence-electron chi connectivity index (χ3n) is 3.86. The fourth-order valence-electron chi connectivity index (χ4n) is 2.54. The van der Waals surface area contributed by atoms with Gasteiger partial charge in [-0.2, -0.15) is 0 Å². The van der Waals surface area contributed by atoms with E-state index in [4.69, 9.17) is 8.42 Å². The number of nitro benzene ring substituents is 1. The molecule has 4 N–H and O–H groups in total. The number of benzene rings is 1. The largest absolute Gasteiger partial charge is 0.390 e. The van der Waals surface area contributed by atoms with E-state index in [2.05, 4.69) is 10.5 Å². The molecule has 9 heteroatoms. The van der Waals surface area contributed by atoms with E-state index in [9.17, 15) is 15.2 Å². The van der Waals surface area contributed by atoms with Crippen molar-refractivity contribution in [2.45, 2.75) is 38.2 Å². The summed E-state index contributed by atoms with van der Waals surface area (Å²) in [7, 11) is -2.62. The Morgan fingerprint density at radius 1 is 1.39 bits per heavy atom. The van der Waals surface area contributed by atoms with E-state index in [1.807, 2.05) is 6.92 Å². The predicted octanol–water partition coefficient (Wildman–Crippen LogP) is 1.42. The quantitative estimate of drug-likeness (QED) is 0.370. The minimum atomic E-state index is -2.62. The van der Waals surface area contributed by atoms with Crippen molar-refractivity contribution in [1.29, 1.82) is 0 Å². The third-order valence-corrected chi connectivity index (χ3v) is 3.86. The number of rotatable bonds is 4. The first kappa shape index (κ1) is 19.3. The number of hydrogen-bond acceptors (Lipinski definition) is 6. The summed E-state index contributed by atoms with van der Waals surface area (Å²) >= 11 is 0. The SMILES string of the molecule is C[C@]1(O)CC[C@H](CNc2ccccc2[N+](=O)[O-])CC1.N[SH](=O)=O. The summed E-state index contributed by atoms with van der Waals surface area (Å²) in [5, 5.41) is 28.0. The highest BCUT2D eigenvalue weighted by molar-refractivity contribution is 7.69. The summed E-state index contributed by atoms with van der Waals surface area (Å²) < 4.78 is 17.6. The Labute approximate surface area is 136 Å². The number of aliphatic hydroxyl groups is 1. The molecule has 8 nitrogen and oxygen atoms in total. The lowest BCUT2D eigenvalue weighted by atomic mass is 9.80. The maximum absolute atomic E-state index is 10.9. The van der Waals surface area contributed by atoms with Gasteiger partial charge in [0.1, 0.15) is 5.69 Å². The van der Waals surface area contributed by atoms with E-state index in [0.29, 0.717) is 11.6 Å². The summed E-state index contributed by atoms with van der Waals surface area (Å²) in [6, 6.07) is 6.70. The van der Waals surface area contributed by atoms with Gasteiger partial charge in [0.25, 0.3) is 5.69 Å². The highest BCUT2D eigenvalue weighted by atomic mass is 32.2. The van der Waals surface area contributed by atoms with Crippen LogP contribution in [0, 0.1) is 16.0 Å². The lowest BCUT2D eigenvalue weighted by Crippen LogP contribution is -2.32. The van der Waals surface area contributed by atoms with Crippen LogP contribution < -0.4 is 10.5 Å². The molecule has 1 fully saturated rings. The molecule has 0 heterocycles.